The fourth-order valence-corrected chi connectivity index (χ4v) is 4.32. The SMILES string of the molecule is C[C@@H](CN)NC(=O)COc1ccc(N(C)S(=O)(=O)c2cccs2)cc1. The number of hydrogen-bond donors (Lipinski definition) is 2. The topological polar surface area (TPSA) is 102 Å². The number of carbonyl (C=O) groups excluding carboxylic acids is 1. The van der Waals surface area contributed by atoms with E-state index in [-0.39, 0.29) is 22.8 Å². The summed E-state index contributed by atoms with van der Waals surface area (Å²) in [6.07, 6.45) is 0. The van der Waals surface area contributed by atoms with Gasteiger partial charge in [-0.3, -0.25) is 9.10 Å². The van der Waals surface area contributed by atoms with Crippen LogP contribution in [0, 0.1) is 0 Å². The minimum atomic E-state index is -3.57. The van der Waals surface area contributed by atoms with Crippen molar-refractivity contribution in [3.8, 4) is 5.75 Å². The molecule has 2 aromatic rings. The Balaban J connectivity index is 1.99. The average Bonchev–Trinajstić information content (AvgIpc) is 3.15. The van der Waals surface area contributed by atoms with Gasteiger partial charge in [0.05, 0.1) is 5.69 Å². The number of nitrogens with one attached hydrogen (secondary N) is 1. The van der Waals surface area contributed by atoms with Gasteiger partial charge in [0, 0.05) is 19.6 Å². The number of thiophene rings is 1. The Morgan fingerprint density at radius 3 is 2.56 bits per heavy atom. The average molecular weight is 383 g/mol. The van der Waals surface area contributed by atoms with Crippen LogP contribution in [0.2, 0.25) is 0 Å². The minimum absolute atomic E-state index is 0.116. The zero-order valence-corrected chi connectivity index (χ0v) is 15.6. The summed E-state index contributed by atoms with van der Waals surface area (Å²) in [6, 6.07) is 9.63. The molecular weight excluding hydrogens is 362 g/mol. The first kappa shape index (κ1) is 19.2. The predicted octanol–water partition coefficient (Wildman–Crippen LogP) is 1.42. The zero-order chi connectivity index (χ0) is 18.4. The summed E-state index contributed by atoms with van der Waals surface area (Å²) in [6.45, 7) is 2.02. The molecule has 136 valence electrons. The minimum Gasteiger partial charge on any atom is -0.484 e. The quantitative estimate of drug-likeness (QED) is 0.718. The molecule has 0 aliphatic heterocycles. The van der Waals surface area contributed by atoms with E-state index in [4.69, 9.17) is 10.5 Å². The summed E-state index contributed by atoms with van der Waals surface area (Å²) in [5, 5.41) is 4.41. The molecule has 0 unspecified atom stereocenters. The Morgan fingerprint density at radius 1 is 1.32 bits per heavy atom. The van der Waals surface area contributed by atoms with Crippen molar-refractivity contribution >= 4 is 33.0 Å². The Hall–Kier alpha value is -2.10. The van der Waals surface area contributed by atoms with Crippen LogP contribution in [-0.4, -0.2) is 40.6 Å². The number of ether oxygens (including phenoxy) is 1. The van der Waals surface area contributed by atoms with Crippen LogP contribution in [-0.2, 0) is 14.8 Å². The Labute approximate surface area is 151 Å². The largest absolute Gasteiger partial charge is 0.484 e. The fourth-order valence-electron chi connectivity index (χ4n) is 1.96. The molecule has 0 bridgehead atoms. The van der Waals surface area contributed by atoms with Crippen molar-refractivity contribution in [2.75, 3.05) is 24.5 Å². The lowest BCUT2D eigenvalue weighted by Gasteiger charge is -2.18. The third kappa shape index (κ3) is 4.94. The van der Waals surface area contributed by atoms with Gasteiger partial charge in [-0.25, -0.2) is 8.42 Å². The maximum absolute atomic E-state index is 12.5. The fraction of sp³-hybridized carbons (Fsp3) is 0.312. The van der Waals surface area contributed by atoms with Gasteiger partial charge in [-0.05, 0) is 42.6 Å². The lowest BCUT2D eigenvalue weighted by molar-refractivity contribution is -0.123. The summed E-state index contributed by atoms with van der Waals surface area (Å²) in [5.74, 6) is 0.209. The molecule has 1 heterocycles. The van der Waals surface area contributed by atoms with Crippen molar-refractivity contribution in [3.05, 3.63) is 41.8 Å². The van der Waals surface area contributed by atoms with Crippen LogP contribution in [0.25, 0.3) is 0 Å². The molecule has 0 aliphatic rings. The molecule has 1 aromatic carbocycles. The van der Waals surface area contributed by atoms with Gasteiger partial charge in [0.25, 0.3) is 15.9 Å². The lowest BCUT2D eigenvalue weighted by atomic mass is 10.3. The Bertz CT molecular complexity index is 789. The van der Waals surface area contributed by atoms with Crippen LogP contribution in [0.4, 0.5) is 5.69 Å². The number of amides is 1. The van der Waals surface area contributed by atoms with Gasteiger partial charge >= 0.3 is 0 Å². The van der Waals surface area contributed by atoms with Crippen molar-refractivity contribution in [1.29, 1.82) is 0 Å². The van der Waals surface area contributed by atoms with E-state index in [2.05, 4.69) is 5.32 Å². The summed E-state index contributed by atoms with van der Waals surface area (Å²) >= 11 is 1.17. The second-order valence-electron chi connectivity index (χ2n) is 5.39. The van der Waals surface area contributed by atoms with Crippen molar-refractivity contribution in [1.82, 2.24) is 5.32 Å². The third-order valence-corrected chi connectivity index (χ3v) is 6.60. The summed E-state index contributed by atoms with van der Waals surface area (Å²) in [7, 11) is -2.08. The van der Waals surface area contributed by atoms with E-state index >= 15 is 0 Å². The van der Waals surface area contributed by atoms with Gasteiger partial charge in [-0.15, -0.1) is 11.3 Å². The van der Waals surface area contributed by atoms with Gasteiger partial charge in [0.15, 0.2) is 6.61 Å². The van der Waals surface area contributed by atoms with Crippen LogP contribution in [0.5, 0.6) is 5.75 Å². The molecule has 1 atom stereocenters. The molecule has 0 aliphatic carbocycles. The molecule has 0 saturated carbocycles. The number of nitrogens with zero attached hydrogens (tertiary/aromatic N) is 1. The maximum atomic E-state index is 12.5. The van der Waals surface area contributed by atoms with E-state index in [1.165, 1.54) is 22.7 Å². The van der Waals surface area contributed by atoms with Crippen LogP contribution in [0.1, 0.15) is 6.92 Å². The highest BCUT2D eigenvalue weighted by molar-refractivity contribution is 7.94. The molecule has 0 radical (unpaired) electrons. The van der Waals surface area contributed by atoms with Gasteiger partial charge in [-0.2, -0.15) is 0 Å². The molecule has 0 spiro atoms. The van der Waals surface area contributed by atoms with E-state index in [1.54, 1.807) is 48.7 Å². The van der Waals surface area contributed by atoms with E-state index in [9.17, 15) is 13.2 Å². The van der Waals surface area contributed by atoms with Crippen LogP contribution < -0.4 is 20.1 Å². The molecule has 3 N–H and O–H groups in total. The van der Waals surface area contributed by atoms with Crippen LogP contribution in [0.15, 0.2) is 46.0 Å². The molecule has 7 nitrogen and oxygen atoms in total. The smallest absolute Gasteiger partial charge is 0.273 e. The van der Waals surface area contributed by atoms with Crippen LogP contribution >= 0.6 is 11.3 Å². The third-order valence-electron chi connectivity index (χ3n) is 3.44. The lowest BCUT2D eigenvalue weighted by Crippen LogP contribution is -2.40. The van der Waals surface area contributed by atoms with E-state index in [0.717, 1.165) is 0 Å². The van der Waals surface area contributed by atoms with Gasteiger partial charge in [0.2, 0.25) is 0 Å². The van der Waals surface area contributed by atoms with Gasteiger partial charge in [0.1, 0.15) is 9.96 Å². The molecule has 0 saturated heterocycles. The van der Waals surface area contributed by atoms with Gasteiger partial charge in [-0.1, -0.05) is 6.07 Å². The highest BCUT2D eigenvalue weighted by atomic mass is 32.2. The van der Waals surface area contributed by atoms with Crippen molar-refractivity contribution in [3.63, 3.8) is 0 Å². The van der Waals surface area contributed by atoms with Crippen molar-refractivity contribution < 1.29 is 17.9 Å². The number of nitrogens with two attached hydrogens (primary N) is 1. The van der Waals surface area contributed by atoms with Crippen molar-refractivity contribution in [2.45, 2.75) is 17.2 Å². The first-order chi connectivity index (χ1) is 11.8. The number of hydrogen-bond acceptors (Lipinski definition) is 6. The molecule has 9 heteroatoms. The molecule has 2 rings (SSSR count). The highest BCUT2D eigenvalue weighted by Crippen LogP contribution is 2.26. The van der Waals surface area contributed by atoms with Crippen molar-refractivity contribution in [2.24, 2.45) is 5.73 Å². The number of anilines is 1. The Kier molecular flexibility index (Phi) is 6.40. The number of sulfonamides is 1. The Morgan fingerprint density at radius 2 is 2.00 bits per heavy atom. The number of benzene rings is 1. The van der Waals surface area contributed by atoms with E-state index in [0.29, 0.717) is 18.0 Å². The normalized spacial score (nSPS) is 12.4. The predicted molar refractivity (Wildman–Crippen MR) is 98.5 cm³/mol. The molecule has 0 fully saturated rings. The van der Waals surface area contributed by atoms with Crippen LogP contribution in [0.3, 0.4) is 0 Å². The maximum Gasteiger partial charge on any atom is 0.273 e. The summed E-state index contributed by atoms with van der Waals surface area (Å²) < 4.78 is 31.8. The zero-order valence-electron chi connectivity index (χ0n) is 14.0. The first-order valence-corrected chi connectivity index (χ1v) is 9.91. The molecule has 1 aromatic heterocycles. The summed E-state index contributed by atoms with van der Waals surface area (Å²) in [4.78, 5) is 11.6. The molecule has 25 heavy (non-hydrogen) atoms. The molecule has 1 amide bonds. The van der Waals surface area contributed by atoms with Gasteiger partial charge < -0.3 is 15.8 Å². The first-order valence-electron chi connectivity index (χ1n) is 7.59. The second kappa shape index (κ2) is 8.32. The second-order valence-corrected chi connectivity index (χ2v) is 8.54. The standard InChI is InChI=1S/C16H21N3O4S2/c1-12(10-17)18-15(20)11-23-14-7-5-13(6-8-14)19(2)25(21,22)16-4-3-9-24-16/h3-9,12H,10-11,17H2,1-2H3,(H,18,20)/t12-/m0/s1. The number of rotatable bonds is 8. The van der Waals surface area contributed by atoms with E-state index in [1.807, 2.05) is 0 Å². The highest BCUT2D eigenvalue weighted by Gasteiger charge is 2.22. The van der Waals surface area contributed by atoms with E-state index < -0.39 is 10.0 Å². The summed E-state index contributed by atoms with van der Waals surface area (Å²) in [5.41, 5.74) is 5.94. The monoisotopic (exact) mass is 383 g/mol. The molecular formula is C16H21N3O4S2. The number of carbonyl (C=O) groups is 1.